The lowest BCUT2D eigenvalue weighted by Crippen LogP contribution is -2.65. The molecule has 354 valence electrons. The number of ether oxygens (including phenoxy) is 6. The number of nitrogens with zero attached hydrogens (tertiary/aromatic N) is 2. The van der Waals surface area contributed by atoms with E-state index >= 15 is 0 Å². The van der Waals surface area contributed by atoms with E-state index in [2.05, 4.69) is 16.2 Å². The molecule has 0 aromatic carbocycles. The number of primary amides is 1. The number of nitrogens with two attached hydrogens (primary N) is 1. The van der Waals surface area contributed by atoms with Gasteiger partial charge in [0.1, 0.15) is 73.2 Å². The zero-order valence-electron chi connectivity index (χ0n) is 32.9. The van der Waals surface area contributed by atoms with E-state index in [-0.39, 0.29) is 32.5 Å². The van der Waals surface area contributed by atoms with Crippen LogP contribution in [0.1, 0.15) is 19.3 Å². The quantitative estimate of drug-likeness (QED) is 0.0272. The predicted octanol–water partition coefficient (Wildman–Crippen LogP) is -11.0. The number of aliphatic hydroxyl groups is 10. The third-order valence-electron chi connectivity index (χ3n) is 9.76. The lowest BCUT2D eigenvalue weighted by molar-refractivity contribution is -0.366. The summed E-state index contributed by atoms with van der Waals surface area (Å²) in [5, 5.41) is 106. The molecular weight excluding hydrogens is 848 g/mol. The third-order valence-corrected chi connectivity index (χ3v) is 9.76. The van der Waals surface area contributed by atoms with Gasteiger partial charge in [0.25, 0.3) is 11.8 Å². The lowest BCUT2D eigenvalue weighted by atomic mass is 9.96. The summed E-state index contributed by atoms with van der Waals surface area (Å²) in [4.78, 5) is 77.6. The van der Waals surface area contributed by atoms with Crippen LogP contribution in [0.15, 0.2) is 0 Å². The second-order valence-corrected chi connectivity index (χ2v) is 14.5. The Morgan fingerprint density at radius 3 is 1.82 bits per heavy atom. The van der Waals surface area contributed by atoms with Gasteiger partial charge in [-0.1, -0.05) is 0 Å². The molecule has 4 heterocycles. The van der Waals surface area contributed by atoms with Gasteiger partial charge in [-0.3, -0.25) is 34.3 Å². The summed E-state index contributed by atoms with van der Waals surface area (Å²) in [6.45, 7) is -4.81. The molecular formula is C33H54N6O23. The van der Waals surface area contributed by atoms with Crippen LogP contribution in [0.3, 0.4) is 0 Å². The second kappa shape index (κ2) is 23.8. The lowest BCUT2D eigenvalue weighted by Gasteiger charge is -2.46. The van der Waals surface area contributed by atoms with E-state index < -0.39 is 173 Å². The molecule has 0 aromatic heterocycles. The molecule has 4 aliphatic heterocycles. The second-order valence-electron chi connectivity index (χ2n) is 14.5. The highest BCUT2D eigenvalue weighted by molar-refractivity contribution is 6.01. The molecule has 15 atom stereocenters. The predicted molar refractivity (Wildman–Crippen MR) is 192 cm³/mol. The van der Waals surface area contributed by atoms with Crippen molar-refractivity contribution in [1.29, 1.82) is 0 Å². The van der Waals surface area contributed by atoms with Crippen LogP contribution in [-0.2, 0) is 62.0 Å². The molecule has 29 nitrogen and oxygen atoms in total. The standard InChI is InChI=1S/C33H54N6O23/c34-16(42)7-38(8-17(43)35-4-3-21(47)62-39-19(45)1-2-20(39)46)9-18(44)37-36-5-6-56-32-29(55)30(61-33-28(54)26(52)23(49)14(11-41)59-33)24(50)15(60-32)12-57-31-27(53)25(51)22(48)13(10-40)58-31/h13-15,22-33,36,40-41,48-55H,1-12H2,(H2,34,42)(H,35,43)(H,37,44)/t13-,14-,15-,22-,23-,24-,25+,26+,27+,28+,29+,30+,31+,32+,33-/m1/s1. The number of carbonyl (C=O) groups excluding carboxylic acids is 6. The first-order valence-electron chi connectivity index (χ1n) is 19.2. The molecule has 15 N–H and O–H groups in total. The monoisotopic (exact) mass is 902 g/mol. The van der Waals surface area contributed by atoms with Gasteiger partial charge in [0.2, 0.25) is 17.7 Å². The van der Waals surface area contributed by atoms with Crippen LogP contribution in [-0.4, -0.2) is 248 Å². The minimum Gasteiger partial charge on any atom is -0.394 e. The van der Waals surface area contributed by atoms with Gasteiger partial charge in [-0.25, -0.2) is 10.2 Å². The van der Waals surface area contributed by atoms with Crippen LogP contribution in [0, 0.1) is 0 Å². The van der Waals surface area contributed by atoms with Gasteiger partial charge in [-0.15, -0.1) is 5.06 Å². The Bertz CT molecular complexity index is 1510. The largest absolute Gasteiger partial charge is 0.394 e. The van der Waals surface area contributed by atoms with Crippen LogP contribution >= 0.6 is 0 Å². The van der Waals surface area contributed by atoms with Gasteiger partial charge in [-0.2, -0.15) is 0 Å². The first kappa shape index (κ1) is 50.9. The minimum atomic E-state index is -1.96. The Labute approximate surface area is 351 Å². The van der Waals surface area contributed by atoms with E-state index in [9.17, 15) is 79.8 Å². The molecule has 0 spiro atoms. The first-order valence-corrected chi connectivity index (χ1v) is 19.2. The van der Waals surface area contributed by atoms with E-state index in [1.165, 1.54) is 0 Å². The molecule has 0 bridgehead atoms. The van der Waals surface area contributed by atoms with Gasteiger partial charge in [0, 0.05) is 25.9 Å². The normalized spacial score (nSPS) is 35.2. The van der Waals surface area contributed by atoms with Gasteiger partial charge in [-0.05, 0) is 0 Å². The highest BCUT2D eigenvalue weighted by atomic mass is 16.8. The molecule has 0 unspecified atom stereocenters. The van der Waals surface area contributed by atoms with Crippen molar-refractivity contribution in [3.8, 4) is 0 Å². The minimum absolute atomic E-state index is 0.103. The Balaban J connectivity index is 1.29. The number of imide groups is 1. The molecule has 0 saturated carbocycles. The summed E-state index contributed by atoms with van der Waals surface area (Å²) in [6, 6.07) is 0. The molecule has 62 heavy (non-hydrogen) atoms. The zero-order valence-corrected chi connectivity index (χ0v) is 32.9. The van der Waals surface area contributed by atoms with E-state index in [0.29, 0.717) is 5.06 Å². The van der Waals surface area contributed by atoms with Crippen molar-refractivity contribution in [3.05, 3.63) is 0 Å². The molecule has 29 heteroatoms. The van der Waals surface area contributed by atoms with Crippen molar-refractivity contribution in [1.82, 2.24) is 26.1 Å². The molecule has 4 aliphatic rings. The number of hydrogen-bond donors (Lipinski definition) is 14. The van der Waals surface area contributed by atoms with E-state index in [0.717, 1.165) is 4.90 Å². The summed E-state index contributed by atoms with van der Waals surface area (Å²) in [5.41, 5.74) is 10.0. The van der Waals surface area contributed by atoms with Gasteiger partial charge in [0.15, 0.2) is 18.9 Å². The molecule has 5 amide bonds. The molecule has 0 radical (unpaired) electrons. The maximum Gasteiger partial charge on any atom is 0.334 e. The van der Waals surface area contributed by atoms with E-state index in [4.69, 9.17) is 39.0 Å². The van der Waals surface area contributed by atoms with Gasteiger partial charge >= 0.3 is 5.97 Å². The molecule has 4 fully saturated rings. The molecule has 0 aliphatic carbocycles. The summed E-state index contributed by atoms with van der Waals surface area (Å²) in [6.07, 6.45) is -26.8. The average Bonchev–Trinajstić information content (AvgIpc) is 3.53. The van der Waals surface area contributed by atoms with Crippen LogP contribution in [0.5, 0.6) is 0 Å². The fourth-order valence-electron chi connectivity index (χ4n) is 6.45. The summed E-state index contributed by atoms with van der Waals surface area (Å²) in [5.74, 6) is -4.74. The molecule has 0 aromatic rings. The zero-order chi connectivity index (χ0) is 45.8. The van der Waals surface area contributed by atoms with Crippen LogP contribution in [0.2, 0.25) is 0 Å². The Morgan fingerprint density at radius 2 is 1.23 bits per heavy atom. The first-order chi connectivity index (χ1) is 29.4. The van der Waals surface area contributed by atoms with Crippen molar-refractivity contribution >= 4 is 35.5 Å². The van der Waals surface area contributed by atoms with E-state index in [1.807, 2.05) is 0 Å². The summed E-state index contributed by atoms with van der Waals surface area (Å²) < 4.78 is 33.1. The topological polar surface area (TPSA) is 438 Å². The van der Waals surface area contributed by atoms with Crippen molar-refractivity contribution in [2.45, 2.75) is 111 Å². The van der Waals surface area contributed by atoms with Crippen LogP contribution in [0.4, 0.5) is 0 Å². The SMILES string of the molecule is NC(=O)CN(CC(=O)NCCC(=O)ON1C(=O)CCC1=O)CC(=O)NNCCO[C@H]1O[C@H](CO[C@H]2O[C@H](CO)[C@@H](O)[C@H](O)[C@@H]2O)[C@@H](O)[C@H](O[C@H]2O[C@H](CO)[C@@H](O)[C@H](O)[C@@H]2O)[C@@H]1O. The number of carbonyl (C=O) groups is 6. The number of amides is 5. The Morgan fingerprint density at radius 1 is 0.677 bits per heavy atom. The van der Waals surface area contributed by atoms with Crippen molar-refractivity contribution in [3.63, 3.8) is 0 Å². The molecule has 4 saturated heterocycles. The van der Waals surface area contributed by atoms with Crippen LogP contribution < -0.4 is 21.9 Å². The number of hydrogen-bond acceptors (Lipinski definition) is 25. The van der Waals surface area contributed by atoms with Crippen molar-refractivity contribution in [2.24, 2.45) is 5.73 Å². The fraction of sp³-hybridized carbons (Fsp3) is 0.818. The summed E-state index contributed by atoms with van der Waals surface area (Å²) >= 11 is 0. The third kappa shape index (κ3) is 13.7. The highest BCUT2D eigenvalue weighted by Crippen LogP contribution is 2.31. The molecule has 4 rings (SSSR count). The average molecular weight is 903 g/mol. The smallest absolute Gasteiger partial charge is 0.334 e. The number of aliphatic hydroxyl groups excluding tert-OH is 10. The maximum absolute atomic E-state index is 12.6. The fourth-order valence-corrected chi connectivity index (χ4v) is 6.45. The van der Waals surface area contributed by atoms with Crippen molar-refractivity contribution in [2.75, 3.05) is 59.2 Å². The maximum atomic E-state index is 12.6. The Hall–Kier alpha value is -3.70. The number of rotatable bonds is 22. The number of nitrogens with one attached hydrogen (secondary N) is 3. The summed E-state index contributed by atoms with van der Waals surface area (Å²) in [7, 11) is 0. The highest BCUT2D eigenvalue weighted by Gasteiger charge is 2.52. The number of hydroxylamine groups is 2. The van der Waals surface area contributed by atoms with Gasteiger partial charge in [0.05, 0.1) is 52.5 Å². The van der Waals surface area contributed by atoms with Gasteiger partial charge < -0.3 is 95.4 Å². The Kier molecular flexibility index (Phi) is 19.6. The van der Waals surface area contributed by atoms with E-state index in [1.54, 1.807) is 0 Å². The number of hydrazine groups is 1. The van der Waals surface area contributed by atoms with Crippen LogP contribution in [0.25, 0.3) is 0 Å². The van der Waals surface area contributed by atoms with Crippen molar-refractivity contribution < 1.29 is 113 Å².